The summed E-state index contributed by atoms with van der Waals surface area (Å²) in [6.07, 6.45) is 2.27. The molecule has 0 fully saturated rings. The number of nitro benzene ring substituents is 1. The van der Waals surface area contributed by atoms with Crippen LogP contribution in [0.4, 0.5) is 5.69 Å². The van der Waals surface area contributed by atoms with Gasteiger partial charge in [0, 0.05) is 12.1 Å². The maximum atomic E-state index is 10.7. The Morgan fingerprint density at radius 3 is 2.88 bits per heavy atom. The summed E-state index contributed by atoms with van der Waals surface area (Å²) in [5.74, 6) is -0.696. The lowest BCUT2D eigenvalue weighted by Gasteiger charge is -2.06. The van der Waals surface area contributed by atoms with E-state index in [1.807, 2.05) is 0 Å². The lowest BCUT2D eigenvalue weighted by Crippen LogP contribution is -1.99. The first-order valence-corrected chi connectivity index (χ1v) is 4.78. The minimum Gasteiger partial charge on any atom is -0.489 e. The molecule has 1 rings (SSSR count). The molecule has 0 aliphatic carbocycles. The topological polar surface area (TPSA) is 89.7 Å². The van der Waals surface area contributed by atoms with Gasteiger partial charge in [0.25, 0.3) is 5.69 Å². The normalized spacial score (nSPS) is 10.4. The molecule has 0 atom stereocenters. The minimum atomic E-state index is -1.07. The summed E-state index contributed by atoms with van der Waals surface area (Å²) < 4.78 is 5.22. The lowest BCUT2D eigenvalue weighted by molar-refractivity contribution is -0.385. The Balaban J connectivity index is 2.75. The van der Waals surface area contributed by atoms with Gasteiger partial charge in [-0.15, -0.1) is 0 Å². The number of hydrogen-bond acceptors (Lipinski definition) is 4. The molecular weight excluding hydrogens is 226 g/mol. The molecular formula is C11H11NO5. The molecule has 6 heteroatoms. The van der Waals surface area contributed by atoms with Gasteiger partial charge in [-0.05, 0) is 19.1 Å². The molecule has 0 saturated heterocycles. The van der Waals surface area contributed by atoms with Gasteiger partial charge in [-0.1, -0.05) is 6.07 Å². The van der Waals surface area contributed by atoms with E-state index in [9.17, 15) is 14.9 Å². The number of hydrogen-bond donors (Lipinski definition) is 1. The highest BCUT2D eigenvalue weighted by Gasteiger charge is 2.13. The second kappa shape index (κ2) is 5.64. The quantitative estimate of drug-likeness (QED) is 0.480. The lowest BCUT2D eigenvalue weighted by atomic mass is 10.2. The molecule has 0 spiro atoms. The molecule has 0 unspecified atom stereocenters. The summed E-state index contributed by atoms with van der Waals surface area (Å²) in [6.45, 7) is 1.63. The third-order valence-corrected chi connectivity index (χ3v) is 2.05. The first-order chi connectivity index (χ1) is 8.02. The van der Waals surface area contributed by atoms with Crippen molar-refractivity contribution < 1.29 is 19.6 Å². The third kappa shape index (κ3) is 3.60. The van der Waals surface area contributed by atoms with E-state index in [-0.39, 0.29) is 12.3 Å². The maximum absolute atomic E-state index is 10.7. The molecule has 90 valence electrons. The summed E-state index contributed by atoms with van der Waals surface area (Å²) in [7, 11) is 0. The Morgan fingerprint density at radius 2 is 2.29 bits per heavy atom. The van der Waals surface area contributed by atoms with Gasteiger partial charge in [0.15, 0.2) is 0 Å². The van der Waals surface area contributed by atoms with Crippen LogP contribution in [0.1, 0.15) is 5.56 Å². The number of aliphatic carboxylic acids is 1. The van der Waals surface area contributed by atoms with Crippen molar-refractivity contribution >= 4 is 11.7 Å². The molecule has 0 aliphatic heterocycles. The number of benzene rings is 1. The number of rotatable bonds is 5. The molecule has 1 aromatic carbocycles. The molecule has 6 nitrogen and oxygen atoms in total. The second-order valence-electron chi connectivity index (χ2n) is 3.21. The van der Waals surface area contributed by atoms with E-state index in [1.165, 1.54) is 18.2 Å². The fraction of sp³-hybridized carbons (Fsp3) is 0.182. The van der Waals surface area contributed by atoms with E-state index >= 15 is 0 Å². The highest BCUT2D eigenvalue weighted by Crippen LogP contribution is 2.26. The van der Waals surface area contributed by atoms with E-state index in [4.69, 9.17) is 9.84 Å². The summed E-state index contributed by atoms with van der Waals surface area (Å²) in [5, 5.41) is 19.0. The Hall–Kier alpha value is -2.37. The van der Waals surface area contributed by atoms with Crippen molar-refractivity contribution in [1.29, 1.82) is 0 Å². The van der Waals surface area contributed by atoms with E-state index in [1.54, 1.807) is 13.0 Å². The maximum Gasteiger partial charge on any atom is 0.328 e. The van der Waals surface area contributed by atoms with Crippen LogP contribution >= 0.6 is 0 Å². The van der Waals surface area contributed by atoms with Gasteiger partial charge in [-0.25, -0.2) is 4.79 Å². The molecule has 0 bridgehead atoms. The third-order valence-electron chi connectivity index (χ3n) is 2.05. The van der Waals surface area contributed by atoms with Crippen molar-refractivity contribution in [3.63, 3.8) is 0 Å². The van der Waals surface area contributed by atoms with Crippen LogP contribution in [0, 0.1) is 17.0 Å². The molecule has 0 radical (unpaired) electrons. The van der Waals surface area contributed by atoms with E-state index in [0.717, 1.165) is 6.08 Å². The molecule has 0 aromatic heterocycles. The summed E-state index contributed by atoms with van der Waals surface area (Å²) in [6, 6.07) is 4.49. The predicted molar refractivity (Wildman–Crippen MR) is 60.1 cm³/mol. The molecule has 1 N–H and O–H groups in total. The zero-order valence-electron chi connectivity index (χ0n) is 9.12. The van der Waals surface area contributed by atoms with Crippen LogP contribution in [0.15, 0.2) is 30.4 Å². The summed E-state index contributed by atoms with van der Waals surface area (Å²) >= 11 is 0. The zero-order valence-corrected chi connectivity index (χ0v) is 9.12. The van der Waals surface area contributed by atoms with Crippen LogP contribution in [0.3, 0.4) is 0 Å². The van der Waals surface area contributed by atoms with Crippen LogP contribution in [-0.4, -0.2) is 22.6 Å². The van der Waals surface area contributed by atoms with E-state index in [2.05, 4.69) is 0 Å². The average Bonchev–Trinajstić information content (AvgIpc) is 2.25. The Labute approximate surface area is 97.3 Å². The fourth-order valence-electron chi connectivity index (χ4n) is 1.24. The van der Waals surface area contributed by atoms with Gasteiger partial charge < -0.3 is 9.84 Å². The number of carboxylic acids is 1. The standard InChI is InChI=1S/C11H11NO5/c1-8-9(12(15)16)4-2-5-10(8)17-7-3-6-11(13)14/h2-6H,7H2,1H3,(H,13,14). The van der Waals surface area contributed by atoms with Crippen molar-refractivity contribution in [3.05, 3.63) is 46.0 Å². The van der Waals surface area contributed by atoms with Gasteiger partial charge in [0.05, 0.1) is 10.5 Å². The molecule has 17 heavy (non-hydrogen) atoms. The summed E-state index contributed by atoms with van der Waals surface area (Å²) in [5.41, 5.74) is 0.394. The largest absolute Gasteiger partial charge is 0.489 e. The first-order valence-electron chi connectivity index (χ1n) is 4.78. The number of nitro groups is 1. The Bertz CT molecular complexity index is 467. The SMILES string of the molecule is Cc1c(OCC=CC(=O)O)cccc1[N+](=O)[O-]. The Kier molecular flexibility index (Phi) is 4.21. The monoisotopic (exact) mass is 237 g/mol. The van der Waals surface area contributed by atoms with Crippen molar-refractivity contribution in [2.24, 2.45) is 0 Å². The van der Waals surface area contributed by atoms with Crippen LogP contribution in [-0.2, 0) is 4.79 Å². The number of nitrogens with zero attached hydrogens (tertiary/aromatic N) is 1. The molecule has 0 saturated carbocycles. The van der Waals surface area contributed by atoms with Crippen molar-refractivity contribution in [3.8, 4) is 5.75 Å². The number of ether oxygens (including phenoxy) is 1. The molecule has 0 aliphatic rings. The zero-order chi connectivity index (χ0) is 12.8. The number of carbonyl (C=O) groups is 1. The summed E-state index contributed by atoms with van der Waals surface area (Å²) in [4.78, 5) is 20.4. The predicted octanol–water partition coefficient (Wildman–Crippen LogP) is 1.92. The smallest absolute Gasteiger partial charge is 0.328 e. The van der Waals surface area contributed by atoms with Crippen LogP contribution in [0.2, 0.25) is 0 Å². The van der Waals surface area contributed by atoms with Gasteiger partial charge in [0.1, 0.15) is 12.4 Å². The van der Waals surface area contributed by atoms with Gasteiger partial charge in [0.2, 0.25) is 0 Å². The van der Waals surface area contributed by atoms with E-state index in [0.29, 0.717) is 11.3 Å². The first kappa shape index (κ1) is 12.7. The van der Waals surface area contributed by atoms with Crippen molar-refractivity contribution in [2.45, 2.75) is 6.92 Å². The van der Waals surface area contributed by atoms with Gasteiger partial charge >= 0.3 is 5.97 Å². The van der Waals surface area contributed by atoms with Crippen LogP contribution < -0.4 is 4.74 Å². The van der Waals surface area contributed by atoms with Crippen molar-refractivity contribution in [1.82, 2.24) is 0 Å². The second-order valence-corrected chi connectivity index (χ2v) is 3.21. The number of carboxylic acid groups (broad SMARTS) is 1. The van der Waals surface area contributed by atoms with Gasteiger partial charge in [-0.3, -0.25) is 10.1 Å². The highest BCUT2D eigenvalue weighted by atomic mass is 16.6. The van der Waals surface area contributed by atoms with Crippen LogP contribution in [0.5, 0.6) is 5.75 Å². The highest BCUT2D eigenvalue weighted by molar-refractivity contribution is 5.79. The minimum absolute atomic E-state index is 0.0234. The average molecular weight is 237 g/mol. The molecule has 0 amide bonds. The van der Waals surface area contributed by atoms with E-state index < -0.39 is 10.9 Å². The van der Waals surface area contributed by atoms with Crippen molar-refractivity contribution in [2.75, 3.05) is 6.61 Å². The van der Waals surface area contributed by atoms with Crippen LogP contribution in [0.25, 0.3) is 0 Å². The van der Waals surface area contributed by atoms with Gasteiger partial charge in [-0.2, -0.15) is 0 Å². The fourth-order valence-corrected chi connectivity index (χ4v) is 1.24. The molecule has 1 aromatic rings. The Morgan fingerprint density at radius 1 is 1.59 bits per heavy atom. The molecule has 0 heterocycles.